The van der Waals surface area contributed by atoms with Gasteiger partial charge >= 0.3 is 5.97 Å². The number of hydrogen-bond acceptors (Lipinski definition) is 4. The maximum atomic E-state index is 13.0. The molecule has 0 aliphatic heterocycles. The van der Waals surface area contributed by atoms with Crippen LogP contribution in [0.3, 0.4) is 0 Å². The smallest absolute Gasteiger partial charge is 0.339 e. The Morgan fingerprint density at radius 3 is 2.93 bits per heavy atom. The number of nitrogens with zero attached hydrogens (tertiary/aromatic N) is 2. The number of hydrogen-bond donors (Lipinski definition) is 0. The van der Waals surface area contributed by atoms with E-state index in [9.17, 15) is 14.0 Å². The molecule has 0 radical (unpaired) electrons. The van der Waals surface area contributed by atoms with Gasteiger partial charge < -0.3 is 4.74 Å². The SMILES string of the molecule is COC(=O)c1cc(F)c(=O)n(CC#N)c1. The number of nitriles is 1. The summed E-state index contributed by atoms with van der Waals surface area (Å²) in [6.07, 6.45) is 1.08. The lowest BCUT2D eigenvalue weighted by molar-refractivity contribution is 0.0599. The number of aromatic nitrogens is 1. The largest absolute Gasteiger partial charge is 0.465 e. The lowest BCUT2D eigenvalue weighted by Gasteiger charge is -2.03. The van der Waals surface area contributed by atoms with Gasteiger partial charge in [-0.05, 0) is 6.07 Å². The first-order valence-corrected chi connectivity index (χ1v) is 3.95. The molecule has 1 rings (SSSR count). The summed E-state index contributed by atoms with van der Waals surface area (Å²) >= 11 is 0. The lowest BCUT2D eigenvalue weighted by atomic mass is 10.3. The Bertz CT molecular complexity index is 487. The van der Waals surface area contributed by atoms with Gasteiger partial charge in [0, 0.05) is 6.20 Å². The van der Waals surface area contributed by atoms with Gasteiger partial charge in [-0.25, -0.2) is 9.18 Å². The first kappa shape index (κ1) is 10.9. The van der Waals surface area contributed by atoms with Gasteiger partial charge in [-0.2, -0.15) is 5.26 Å². The summed E-state index contributed by atoms with van der Waals surface area (Å²) in [5.74, 6) is -1.85. The van der Waals surface area contributed by atoms with Crippen LogP contribution in [0.15, 0.2) is 17.1 Å². The zero-order valence-corrected chi connectivity index (χ0v) is 7.86. The summed E-state index contributed by atoms with van der Waals surface area (Å²) in [7, 11) is 1.14. The van der Waals surface area contributed by atoms with Crippen LogP contribution in [-0.4, -0.2) is 17.6 Å². The fraction of sp³-hybridized carbons (Fsp3) is 0.222. The first-order valence-electron chi connectivity index (χ1n) is 3.95. The van der Waals surface area contributed by atoms with E-state index in [1.807, 2.05) is 0 Å². The van der Waals surface area contributed by atoms with Crippen molar-refractivity contribution < 1.29 is 13.9 Å². The van der Waals surface area contributed by atoms with E-state index >= 15 is 0 Å². The van der Waals surface area contributed by atoms with Gasteiger partial charge in [-0.15, -0.1) is 0 Å². The number of esters is 1. The van der Waals surface area contributed by atoms with Crippen molar-refractivity contribution in [1.29, 1.82) is 5.26 Å². The van der Waals surface area contributed by atoms with E-state index in [1.165, 1.54) is 0 Å². The molecule has 78 valence electrons. The molecule has 1 heterocycles. The molecular weight excluding hydrogens is 203 g/mol. The fourth-order valence-electron chi connectivity index (χ4n) is 1.02. The second-order valence-corrected chi connectivity index (χ2v) is 2.66. The molecule has 0 aliphatic carbocycles. The van der Waals surface area contributed by atoms with Crippen molar-refractivity contribution in [1.82, 2.24) is 4.57 Å². The molecule has 0 unspecified atom stereocenters. The van der Waals surface area contributed by atoms with Crippen molar-refractivity contribution in [3.05, 3.63) is 34.0 Å². The van der Waals surface area contributed by atoms with Crippen LogP contribution in [-0.2, 0) is 11.3 Å². The molecule has 0 spiro atoms. The van der Waals surface area contributed by atoms with E-state index in [0.29, 0.717) is 0 Å². The summed E-state index contributed by atoms with van der Waals surface area (Å²) < 4.78 is 18.2. The second kappa shape index (κ2) is 4.37. The quantitative estimate of drug-likeness (QED) is 0.658. The molecular formula is C9H7FN2O3. The normalized spacial score (nSPS) is 9.40. The average Bonchev–Trinajstić information content (AvgIpc) is 2.23. The molecule has 1 aromatic heterocycles. The minimum atomic E-state index is -1.09. The average molecular weight is 210 g/mol. The second-order valence-electron chi connectivity index (χ2n) is 2.66. The van der Waals surface area contributed by atoms with Crippen LogP contribution in [0.1, 0.15) is 10.4 Å². The van der Waals surface area contributed by atoms with E-state index in [0.717, 1.165) is 23.9 Å². The highest BCUT2D eigenvalue weighted by Gasteiger charge is 2.11. The van der Waals surface area contributed by atoms with Crippen LogP contribution >= 0.6 is 0 Å². The Kier molecular flexibility index (Phi) is 3.18. The van der Waals surface area contributed by atoms with Crippen LogP contribution in [0.5, 0.6) is 0 Å². The Morgan fingerprint density at radius 1 is 1.73 bits per heavy atom. The van der Waals surface area contributed by atoms with Crippen molar-refractivity contribution >= 4 is 5.97 Å². The lowest BCUT2D eigenvalue weighted by Crippen LogP contribution is -2.24. The molecule has 0 N–H and O–H groups in total. The molecule has 0 saturated heterocycles. The molecule has 0 saturated carbocycles. The third-order valence-electron chi connectivity index (χ3n) is 1.70. The van der Waals surface area contributed by atoms with Crippen molar-refractivity contribution in [2.75, 3.05) is 7.11 Å². The van der Waals surface area contributed by atoms with E-state index < -0.39 is 17.3 Å². The zero-order valence-electron chi connectivity index (χ0n) is 7.86. The van der Waals surface area contributed by atoms with Crippen LogP contribution in [0.25, 0.3) is 0 Å². The standard InChI is InChI=1S/C9H7FN2O3/c1-15-9(14)6-4-7(10)8(13)12(5-6)3-2-11/h4-5H,3H2,1H3. The monoisotopic (exact) mass is 210 g/mol. The molecule has 15 heavy (non-hydrogen) atoms. The summed E-state index contributed by atoms with van der Waals surface area (Å²) in [6, 6.07) is 2.46. The highest BCUT2D eigenvalue weighted by molar-refractivity contribution is 5.88. The number of carbonyl (C=O) groups is 1. The van der Waals surface area contributed by atoms with E-state index in [2.05, 4.69) is 4.74 Å². The van der Waals surface area contributed by atoms with Gasteiger partial charge in [-0.1, -0.05) is 0 Å². The Balaban J connectivity index is 3.30. The molecule has 0 bridgehead atoms. The number of carbonyl (C=O) groups excluding carboxylic acids is 1. The van der Waals surface area contributed by atoms with Crippen LogP contribution in [0, 0.1) is 17.1 Å². The van der Waals surface area contributed by atoms with Crippen LogP contribution in [0.2, 0.25) is 0 Å². The summed E-state index contributed by atoms with van der Waals surface area (Å²) in [5, 5.41) is 8.37. The zero-order chi connectivity index (χ0) is 11.4. The van der Waals surface area contributed by atoms with Gasteiger partial charge in [0.25, 0.3) is 5.56 Å². The van der Waals surface area contributed by atoms with Crippen molar-refractivity contribution in [3.8, 4) is 6.07 Å². The van der Waals surface area contributed by atoms with Crippen molar-refractivity contribution in [2.45, 2.75) is 6.54 Å². The molecule has 0 aromatic carbocycles. The van der Waals surface area contributed by atoms with Crippen molar-refractivity contribution in [2.24, 2.45) is 0 Å². The summed E-state index contributed by atoms with van der Waals surface area (Å²) in [4.78, 5) is 22.2. The highest BCUT2D eigenvalue weighted by atomic mass is 19.1. The summed E-state index contributed by atoms with van der Waals surface area (Å²) in [5.41, 5.74) is -1.05. The Morgan fingerprint density at radius 2 is 2.40 bits per heavy atom. The predicted molar refractivity (Wildman–Crippen MR) is 47.6 cm³/mol. The van der Waals surface area contributed by atoms with E-state index in [-0.39, 0.29) is 12.1 Å². The maximum Gasteiger partial charge on any atom is 0.339 e. The molecule has 0 atom stereocenters. The molecule has 0 amide bonds. The molecule has 0 fully saturated rings. The minimum Gasteiger partial charge on any atom is -0.465 e. The summed E-state index contributed by atoms with van der Waals surface area (Å²) in [6.45, 7) is -0.319. The first-order chi connectivity index (χ1) is 7.10. The number of pyridine rings is 1. The van der Waals surface area contributed by atoms with Crippen LogP contribution in [0.4, 0.5) is 4.39 Å². The maximum absolute atomic E-state index is 13.0. The third kappa shape index (κ3) is 2.20. The van der Waals surface area contributed by atoms with Crippen molar-refractivity contribution in [3.63, 3.8) is 0 Å². The molecule has 0 aliphatic rings. The number of rotatable bonds is 2. The van der Waals surface area contributed by atoms with Crippen LogP contribution < -0.4 is 5.56 Å². The van der Waals surface area contributed by atoms with Gasteiger partial charge in [0.05, 0.1) is 18.7 Å². The number of methoxy groups -OCH3 is 1. The predicted octanol–water partition coefficient (Wildman–Crippen LogP) is 0.298. The number of ether oxygens (including phenoxy) is 1. The van der Waals surface area contributed by atoms with E-state index in [1.54, 1.807) is 6.07 Å². The van der Waals surface area contributed by atoms with Gasteiger partial charge in [0.2, 0.25) is 0 Å². The van der Waals surface area contributed by atoms with Gasteiger partial charge in [0.15, 0.2) is 5.82 Å². The highest BCUT2D eigenvalue weighted by Crippen LogP contribution is 2.01. The van der Waals surface area contributed by atoms with E-state index in [4.69, 9.17) is 5.26 Å². The Hall–Kier alpha value is -2.16. The minimum absolute atomic E-state index is 0.107. The van der Waals surface area contributed by atoms with Gasteiger partial charge in [0.1, 0.15) is 6.54 Å². The number of halogens is 1. The molecule has 6 heteroatoms. The third-order valence-corrected chi connectivity index (χ3v) is 1.70. The fourth-order valence-corrected chi connectivity index (χ4v) is 1.02. The molecule has 5 nitrogen and oxygen atoms in total. The molecule has 1 aromatic rings. The van der Waals surface area contributed by atoms with Gasteiger partial charge in [-0.3, -0.25) is 9.36 Å². The Labute approximate surface area is 84.3 Å². The topological polar surface area (TPSA) is 72.1 Å².